The molecule has 2 unspecified atom stereocenters. The van der Waals surface area contributed by atoms with Crippen LogP contribution in [0.4, 0.5) is 5.69 Å². The first-order chi connectivity index (χ1) is 8.51. The fraction of sp³-hybridized carbons (Fsp3) is 0.571. The molecule has 18 heavy (non-hydrogen) atoms. The molecule has 2 N–H and O–H groups in total. The molecule has 4 heteroatoms. The van der Waals surface area contributed by atoms with Crippen molar-refractivity contribution in [1.29, 1.82) is 0 Å². The molecule has 0 saturated carbocycles. The van der Waals surface area contributed by atoms with Gasteiger partial charge in [0.1, 0.15) is 0 Å². The van der Waals surface area contributed by atoms with Gasteiger partial charge >= 0.3 is 0 Å². The van der Waals surface area contributed by atoms with Crippen molar-refractivity contribution < 1.29 is 0 Å². The van der Waals surface area contributed by atoms with Crippen molar-refractivity contribution in [3.05, 3.63) is 28.2 Å². The second-order valence-corrected chi connectivity index (χ2v) is 6.45. The first kappa shape index (κ1) is 15.9. The first-order valence-corrected chi connectivity index (χ1v) is 8.46. The van der Waals surface area contributed by atoms with Crippen LogP contribution < -0.4 is 10.6 Å². The smallest absolute Gasteiger partial charge is 0.0415 e. The zero-order valence-electron chi connectivity index (χ0n) is 11.6. The fourth-order valence-corrected chi connectivity index (χ4v) is 3.33. The van der Waals surface area contributed by atoms with Crippen molar-refractivity contribution in [2.24, 2.45) is 5.73 Å². The van der Waals surface area contributed by atoms with Crippen LogP contribution in [0.2, 0.25) is 0 Å². The van der Waals surface area contributed by atoms with Gasteiger partial charge in [0.2, 0.25) is 0 Å². The van der Waals surface area contributed by atoms with Crippen LogP contribution >= 0.6 is 27.7 Å². The second kappa shape index (κ2) is 7.41. The summed E-state index contributed by atoms with van der Waals surface area (Å²) in [5, 5.41) is 0. The largest absolute Gasteiger partial charge is 0.371 e. The molecule has 1 aromatic rings. The topological polar surface area (TPSA) is 29.3 Å². The van der Waals surface area contributed by atoms with E-state index in [-0.39, 0.29) is 6.04 Å². The van der Waals surface area contributed by atoms with Gasteiger partial charge in [-0.25, -0.2) is 0 Å². The van der Waals surface area contributed by atoms with Gasteiger partial charge in [-0.15, -0.1) is 0 Å². The van der Waals surface area contributed by atoms with Gasteiger partial charge in [0.25, 0.3) is 0 Å². The highest BCUT2D eigenvalue weighted by Crippen LogP contribution is 2.30. The third-order valence-electron chi connectivity index (χ3n) is 3.24. The van der Waals surface area contributed by atoms with Crippen LogP contribution in [0.1, 0.15) is 31.9 Å². The van der Waals surface area contributed by atoms with E-state index < -0.39 is 0 Å². The lowest BCUT2D eigenvalue weighted by Gasteiger charge is -2.31. The van der Waals surface area contributed by atoms with Crippen LogP contribution in [0.3, 0.4) is 0 Å². The molecule has 1 aromatic carbocycles. The van der Waals surface area contributed by atoms with E-state index >= 15 is 0 Å². The number of benzene rings is 1. The molecule has 0 aliphatic heterocycles. The third-order valence-corrected chi connectivity index (χ3v) is 4.45. The molecule has 0 fully saturated rings. The highest BCUT2D eigenvalue weighted by molar-refractivity contribution is 9.10. The molecule has 0 aliphatic carbocycles. The number of nitrogens with zero attached hydrogens (tertiary/aromatic N) is 1. The second-order valence-electron chi connectivity index (χ2n) is 4.62. The van der Waals surface area contributed by atoms with Gasteiger partial charge in [-0.1, -0.05) is 22.9 Å². The predicted molar refractivity (Wildman–Crippen MR) is 87.6 cm³/mol. The Labute approximate surface area is 123 Å². The van der Waals surface area contributed by atoms with Crippen molar-refractivity contribution in [3.63, 3.8) is 0 Å². The van der Waals surface area contributed by atoms with E-state index in [2.05, 4.69) is 59.3 Å². The van der Waals surface area contributed by atoms with Gasteiger partial charge in [-0.2, -0.15) is 11.8 Å². The standard InChI is InChI=1S/C14H23BrN2S/c1-5-12(9-18-4)17(3)14-7-6-11(15)8-13(14)10(2)16/h6-8,10,12H,5,9,16H2,1-4H3. The first-order valence-electron chi connectivity index (χ1n) is 6.28. The maximum Gasteiger partial charge on any atom is 0.0415 e. The molecule has 0 saturated heterocycles. The lowest BCUT2D eigenvalue weighted by Crippen LogP contribution is -2.34. The average Bonchev–Trinajstić information content (AvgIpc) is 2.35. The number of hydrogen-bond donors (Lipinski definition) is 1. The highest BCUT2D eigenvalue weighted by Gasteiger charge is 2.17. The van der Waals surface area contributed by atoms with E-state index in [0.717, 1.165) is 16.6 Å². The minimum absolute atomic E-state index is 0.0479. The predicted octanol–water partition coefficient (Wildman–Crippen LogP) is 4.05. The Kier molecular flexibility index (Phi) is 6.53. The Bertz CT molecular complexity index is 382. The summed E-state index contributed by atoms with van der Waals surface area (Å²) >= 11 is 5.41. The molecular formula is C14H23BrN2S. The number of anilines is 1. The summed E-state index contributed by atoms with van der Waals surface area (Å²) < 4.78 is 1.09. The van der Waals surface area contributed by atoms with Crippen LogP contribution in [0, 0.1) is 0 Å². The molecule has 102 valence electrons. The van der Waals surface area contributed by atoms with E-state index in [1.165, 1.54) is 11.3 Å². The Morgan fingerprint density at radius 2 is 2.11 bits per heavy atom. The van der Waals surface area contributed by atoms with Crippen molar-refractivity contribution >= 4 is 33.4 Å². The summed E-state index contributed by atoms with van der Waals surface area (Å²) in [5.74, 6) is 1.14. The lowest BCUT2D eigenvalue weighted by atomic mass is 10.0. The van der Waals surface area contributed by atoms with E-state index in [4.69, 9.17) is 5.73 Å². The molecule has 0 spiro atoms. The maximum absolute atomic E-state index is 6.08. The maximum atomic E-state index is 6.08. The minimum Gasteiger partial charge on any atom is -0.371 e. The van der Waals surface area contributed by atoms with Crippen molar-refractivity contribution in [2.75, 3.05) is 24.0 Å². The lowest BCUT2D eigenvalue weighted by molar-refractivity contribution is 0.665. The normalized spacial score (nSPS) is 14.3. The number of rotatable bonds is 6. The Balaban J connectivity index is 3.07. The molecule has 1 rings (SSSR count). The molecular weight excluding hydrogens is 308 g/mol. The van der Waals surface area contributed by atoms with Crippen LogP contribution in [0.25, 0.3) is 0 Å². The molecule has 0 heterocycles. The van der Waals surface area contributed by atoms with Crippen LogP contribution in [-0.2, 0) is 0 Å². The number of halogens is 1. The van der Waals surface area contributed by atoms with Crippen molar-refractivity contribution in [2.45, 2.75) is 32.4 Å². The molecule has 2 nitrogen and oxygen atoms in total. The summed E-state index contributed by atoms with van der Waals surface area (Å²) in [4.78, 5) is 2.36. The van der Waals surface area contributed by atoms with E-state index in [0.29, 0.717) is 6.04 Å². The van der Waals surface area contributed by atoms with Gasteiger partial charge in [0, 0.05) is 35.0 Å². The molecule has 0 bridgehead atoms. The minimum atomic E-state index is 0.0479. The monoisotopic (exact) mass is 330 g/mol. The van der Waals surface area contributed by atoms with Crippen LogP contribution in [0.5, 0.6) is 0 Å². The van der Waals surface area contributed by atoms with Crippen molar-refractivity contribution in [3.8, 4) is 0 Å². The number of thioether (sulfide) groups is 1. The number of hydrogen-bond acceptors (Lipinski definition) is 3. The van der Waals surface area contributed by atoms with Crippen molar-refractivity contribution in [1.82, 2.24) is 0 Å². The van der Waals surface area contributed by atoms with Gasteiger partial charge in [-0.3, -0.25) is 0 Å². The summed E-state index contributed by atoms with van der Waals surface area (Å²) in [6, 6.07) is 6.97. The summed E-state index contributed by atoms with van der Waals surface area (Å²) in [6.07, 6.45) is 3.30. The molecule has 0 amide bonds. The van der Waals surface area contributed by atoms with E-state index in [9.17, 15) is 0 Å². The zero-order chi connectivity index (χ0) is 13.7. The summed E-state index contributed by atoms with van der Waals surface area (Å²) in [5.41, 5.74) is 8.53. The summed E-state index contributed by atoms with van der Waals surface area (Å²) in [6.45, 7) is 4.27. The van der Waals surface area contributed by atoms with Gasteiger partial charge in [0.05, 0.1) is 0 Å². The van der Waals surface area contributed by atoms with E-state index in [1.807, 2.05) is 18.7 Å². The Hall–Kier alpha value is -0.190. The molecule has 2 atom stereocenters. The average molecular weight is 331 g/mol. The van der Waals surface area contributed by atoms with Gasteiger partial charge in [0.15, 0.2) is 0 Å². The highest BCUT2D eigenvalue weighted by atomic mass is 79.9. The Morgan fingerprint density at radius 1 is 1.44 bits per heavy atom. The summed E-state index contributed by atoms with van der Waals surface area (Å²) in [7, 11) is 2.17. The van der Waals surface area contributed by atoms with Gasteiger partial charge < -0.3 is 10.6 Å². The van der Waals surface area contributed by atoms with Crippen LogP contribution in [0.15, 0.2) is 22.7 Å². The zero-order valence-corrected chi connectivity index (χ0v) is 14.0. The molecule has 0 aliphatic rings. The number of nitrogens with two attached hydrogens (primary N) is 1. The fourth-order valence-electron chi connectivity index (χ4n) is 2.10. The quantitative estimate of drug-likeness (QED) is 0.853. The SMILES string of the molecule is CCC(CSC)N(C)c1ccc(Br)cc1C(C)N. The Morgan fingerprint density at radius 3 is 2.61 bits per heavy atom. The molecule has 0 radical (unpaired) electrons. The molecule has 0 aromatic heterocycles. The van der Waals surface area contributed by atoms with Crippen LogP contribution in [-0.4, -0.2) is 25.1 Å². The third kappa shape index (κ3) is 3.90. The van der Waals surface area contributed by atoms with E-state index in [1.54, 1.807) is 0 Å². The van der Waals surface area contributed by atoms with Gasteiger partial charge in [-0.05, 0) is 43.4 Å².